The van der Waals surface area contributed by atoms with Gasteiger partial charge in [-0.3, -0.25) is 9.59 Å². The number of hydrogen-bond donors (Lipinski definition) is 1. The van der Waals surface area contributed by atoms with Gasteiger partial charge in [0.1, 0.15) is 13.2 Å². The number of carbonyl (C=O) groups excluding carboxylic acids is 2. The number of fused-ring (bicyclic) bond motifs is 2. The van der Waals surface area contributed by atoms with Crippen LogP contribution in [0.25, 0.3) is 0 Å². The Morgan fingerprint density at radius 2 is 1.97 bits per heavy atom. The van der Waals surface area contributed by atoms with Crippen LogP contribution < -0.4 is 19.7 Å². The Hall–Kier alpha value is -2.38. The lowest BCUT2D eigenvalue weighted by Gasteiger charge is -2.29. The summed E-state index contributed by atoms with van der Waals surface area (Å²) in [6.07, 6.45) is 0.986. The minimum atomic E-state index is -0.133. The van der Waals surface area contributed by atoms with Gasteiger partial charge in [-0.25, -0.2) is 0 Å². The standard InChI is InChI=1S/C22H23ClN2O4S/c23-16-13-15(14-18-22(16)29-11-10-28-18)7-8-24-20(26)5-6-21(27)25-9-12-30-19-4-2-1-3-17(19)25/h1-4,13-14H,5-12H2,(H,24,26). The number of nitrogens with one attached hydrogen (secondary N) is 1. The van der Waals surface area contributed by atoms with Crippen molar-refractivity contribution in [3.8, 4) is 11.5 Å². The molecule has 2 aliphatic heterocycles. The lowest BCUT2D eigenvalue weighted by molar-refractivity contribution is -0.125. The zero-order valence-corrected chi connectivity index (χ0v) is 18.1. The SMILES string of the molecule is O=C(CCC(=O)N1CCSc2ccccc21)NCCc1cc(Cl)c2c(c1)OCCO2. The lowest BCUT2D eigenvalue weighted by atomic mass is 10.1. The zero-order chi connectivity index (χ0) is 20.9. The van der Waals surface area contributed by atoms with Crippen LogP contribution in [0.3, 0.4) is 0 Å². The zero-order valence-electron chi connectivity index (χ0n) is 16.5. The van der Waals surface area contributed by atoms with E-state index in [-0.39, 0.29) is 24.7 Å². The third-order valence-electron chi connectivity index (χ3n) is 4.99. The molecule has 6 nitrogen and oxygen atoms in total. The predicted molar refractivity (Wildman–Crippen MR) is 118 cm³/mol. The Morgan fingerprint density at radius 1 is 1.13 bits per heavy atom. The summed E-state index contributed by atoms with van der Waals surface area (Å²) in [6, 6.07) is 11.6. The van der Waals surface area contributed by atoms with Crippen molar-refractivity contribution in [1.82, 2.24) is 5.32 Å². The van der Waals surface area contributed by atoms with Crippen LogP contribution in [-0.4, -0.2) is 43.9 Å². The van der Waals surface area contributed by atoms with Gasteiger partial charge in [0.15, 0.2) is 11.5 Å². The van der Waals surface area contributed by atoms with Crippen molar-refractivity contribution in [2.24, 2.45) is 0 Å². The minimum absolute atomic E-state index is 0.0171. The summed E-state index contributed by atoms with van der Waals surface area (Å²) in [4.78, 5) is 27.7. The van der Waals surface area contributed by atoms with E-state index in [4.69, 9.17) is 21.1 Å². The second kappa shape index (κ2) is 9.62. The number of anilines is 1. The maximum atomic E-state index is 12.6. The number of nitrogens with zero attached hydrogens (tertiary/aromatic N) is 1. The smallest absolute Gasteiger partial charge is 0.227 e. The summed E-state index contributed by atoms with van der Waals surface area (Å²) >= 11 is 8.00. The van der Waals surface area contributed by atoms with Crippen molar-refractivity contribution >= 4 is 40.9 Å². The normalized spacial score (nSPS) is 14.8. The molecule has 0 saturated carbocycles. The number of hydrogen-bond acceptors (Lipinski definition) is 5. The number of rotatable bonds is 6. The van der Waals surface area contributed by atoms with E-state index in [9.17, 15) is 9.59 Å². The third-order valence-corrected chi connectivity index (χ3v) is 6.31. The van der Waals surface area contributed by atoms with E-state index in [0.717, 1.165) is 21.9 Å². The molecule has 0 saturated heterocycles. The van der Waals surface area contributed by atoms with Gasteiger partial charge in [-0.15, -0.1) is 11.8 Å². The first-order valence-corrected chi connectivity index (χ1v) is 11.3. The molecule has 1 N–H and O–H groups in total. The van der Waals surface area contributed by atoms with Crippen molar-refractivity contribution in [3.05, 3.63) is 47.0 Å². The molecule has 0 spiro atoms. The molecule has 30 heavy (non-hydrogen) atoms. The van der Waals surface area contributed by atoms with E-state index in [1.54, 1.807) is 16.7 Å². The fraction of sp³-hybridized carbons (Fsp3) is 0.364. The van der Waals surface area contributed by atoms with Crippen molar-refractivity contribution in [1.29, 1.82) is 0 Å². The summed E-state index contributed by atoms with van der Waals surface area (Å²) in [6.45, 7) is 2.12. The van der Waals surface area contributed by atoms with E-state index in [2.05, 4.69) is 5.32 Å². The number of amides is 2. The summed E-state index contributed by atoms with van der Waals surface area (Å²) in [5.74, 6) is 1.93. The fourth-order valence-corrected chi connectivity index (χ4v) is 4.81. The van der Waals surface area contributed by atoms with Gasteiger partial charge in [0, 0.05) is 36.6 Å². The molecule has 2 aliphatic rings. The maximum Gasteiger partial charge on any atom is 0.227 e. The van der Waals surface area contributed by atoms with Crippen LogP contribution in [0.2, 0.25) is 5.02 Å². The van der Waals surface area contributed by atoms with Crippen molar-refractivity contribution in [3.63, 3.8) is 0 Å². The first-order chi connectivity index (χ1) is 14.6. The molecule has 8 heteroatoms. The van der Waals surface area contributed by atoms with Gasteiger partial charge in [0.25, 0.3) is 0 Å². The number of ether oxygens (including phenoxy) is 2. The van der Waals surface area contributed by atoms with Crippen LogP contribution >= 0.6 is 23.4 Å². The maximum absolute atomic E-state index is 12.6. The van der Waals surface area contributed by atoms with Crippen LogP contribution in [0.15, 0.2) is 41.3 Å². The molecule has 158 valence electrons. The van der Waals surface area contributed by atoms with Crippen molar-refractivity contribution in [2.75, 3.05) is 37.0 Å². The average molecular weight is 447 g/mol. The lowest BCUT2D eigenvalue weighted by Crippen LogP contribution is -2.36. The Kier molecular flexibility index (Phi) is 6.69. The van der Waals surface area contributed by atoms with Gasteiger partial charge in [-0.05, 0) is 36.2 Å². The van der Waals surface area contributed by atoms with Gasteiger partial charge in [-0.2, -0.15) is 0 Å². The number of benzene rings is 2. The van der Waals surface area contributed by atoms with Crippen LogP contribution in [0, 0.1) is 0 Å². The van der Waals surface area contributed by atoms with Crippen LogP contribution in [0.1, 0.15) is 18.4 Å². The molecule has 0 unspecified atom stereocenters. The van der Waals surface area contributed by atoms with Gasteiger partial charge in [-0.1, -0.05) is 23.7 Å². The number of halogens is 1. The first kappa shape index (κ1) is 20.9. The molecule has 0 atom stereocenters. The van der Waals surface area contributed by atoms with Crippen LogP contribution in [-0.2, 0) is 16.0 Å². The molecule has 0 fully saturated rings. The molecule has 4 rings (SSSR count). The van der Waals surface area contributed by atoms with Gasteiger partial charge >= 0.3 is 0 Å². The highest BCUT2D eigenvalue weighted by Gasteiger charge is 2.23. The Labute approximate surface area is 184 Å². The molecule has 2 aromatic rings. The highest BCUT2D eigenvalue weighted by Crippen LogP contribution is 2.38. The molecule has 0 bridgehead atoms. The molecule has 2 aromatic carbocycles. The molecule has 2 heterocycles. The van der Waals surface area contributed by atoms with Crippen molar-refractivity contribution in [2.45, 2.75) is 24.2 Å². The van der Waals surface area contributed by atoms with E-state index >= 15 is 0 Å². The summed E-state index contributed by atoms with van der Waals surface area (Å²) in [7, 11) is 0. The van der Waals surface area contributed by atoms with Crippen LogP contribution in [0.5, 0.6) is 11.5 Å². The van der Waals surface area contributed by atoms with Gasteiger partial charge in [0.05, 0.1) is 10.7 Å². The van der Waals surface area contributed by atoms with Crippen LogP contribution in [0.4, 0.5) is 5.69 Å². The van der Waals surface area contributed by atoms with E-state index < -0.39 is 0 Å². The molecule has 2 amide bonds. The highest BCUT2D eigenvalue weighted by atomic mass is 35.5. The second-order valence-electron chi connectivity index (χ2n) is 7.06. The highest BCUT2D eigenvalue weighted by molar-refractivity contribution is 7.99. The first-order valence-electron chi connectivity index (χ1n) is 9.99. The summed E-state index contributed by atoms with van der Waals surface area (Å²) < 4.78 is 11.1. The van der Waals surface area contributed by atoms with Gasteiger partial charge in [0.2, 0.25) is 11.8 Å². The monoisotopic (exact) mass is 446 g/mol. The van der Waals surface area contributed by atoms with E-state index in [0.29, 0.717) is 49.2 Å². The molecular formula is C22H23ClN2O4S. The molecular weight excluding hydrogens is 424 g/mol. The topological polar surface area (TPSA) is 67.9 Å². The van der Waals surface area contributed by atoms with E-state index in [1.165, 1.54) is 0 Å². The van der Waals surface area contributed by atoms with Gasteiger partial charge < -0.3 is 19.7 Å². The predicted octanol–water partition coefficient (Wildman–Crippen LogP) is 3.69. The second-order valence-corrected chi connectivity index (χ2v) is 8.61. The Bertz CT molecular complexity index is 953. The van der Waals surface area contributed by atoms with E-state index in [1.807, 2.05) is 36.4 Å². The quantitative estimate of drug-likeness (QED) is 0.733. The molecule has 0 radical (unpaired) electrons. The summed E-state index contributed by atoms with van der Waals surface area (Å²) in [5.41, 5.74) is 1.90. The fourth-order valence-electron chi connectivity index (χ4n) is 3.53. The summed E-state index contributed by atoms with van der Waals surface area (Å²) in [5, 5.41) is 3.39. The third kappa shape index (κ3) is 4.84. The number of carbonyl (C=O) groups is 2. The Balaban J connectivity index is 1.24. The van der Waals surface area contributed by atoms with Crippen molar-refractivity contribution < 1.29 is 19.1 Å². The largest absolute Gasteiger partial charge is 0.486 e. The Morgan fingerprint density at radius 3 is 2.87 bits per heavy atom. The average Bonchev–Trinajstić information content (AvgIpc) is 2.77. The number of thioether (sulfide) groups is 1. The number of para-hydroxylation sites is 1. The molecule has 0 aliphatic carbocycles. The molecule has 0 aromatic heterocycles. The minimum Gasteiger partial charge on any atom is -0.486 e.